The zero-order chi connectivity index (χ0) is 19.6. The Morgan fingerprint density at radius 3 is 2.30 bits per heavy atom. The van der Waals surface area contributed by atoms with Crippen LogP contribution in [0, 0.1) is 12.8 Å². The topological polar surface area (TPSA) is 69.7 Å². The molecule has 0 spiro atoms. The number of rotatable bonds is 6. The van der Waals surface area contributed by atoms with E-state index in [-0.39, 0.29) is 23.6 Å². The minimum Gasteiger partial charge on any atom is -0.324 e. The van der Waals surface area contributed by atoms with Crippen molar-refractivity contribution in [2.75, 3.05) is 26.2 Å². The number of amides is 3. The van der Waals surface area contributed by atoms with Gasteiger partial charge in [0, 0.05) is 18.0 Å². The molecular formula is C21H29N3O3. The molecule has 0 bridgehead atoms. The van der Waals surface area contributed by atoms with Crippen LogP contribution in [0.2, 0.25) is 0 Å². The van der Waals surface area contributed by atoms with Crippen molar-refractivity contribution in [2.45, 2.75) is 45.6 Å². The molecule has 1 aromatic rings. The Morgan fingerprint density at radius 1 is 1.11 bits per heavy atom. The maximum atomic E-state index is 12.6. The number of piperidine rings is 1. The van der Waals surface area contributed by atoms with Gasteiger partial charge < -0.3 is 10.2 Å². The van der Waals surface area contributed by atoms with Crippen molar-refractivity contribution in [3.8, 4) is 0 Å². The Bertz CT molecular complexity index is 719. The predicted molar refractivity (Wildman–Crippen MR) is 104 cm³/mol. The third-order valence-electron chi connectivity index (χ3n) is 5.59. The van der Waals surface area contributed by atoms with E-state index in [1.54, 1.807) is 13.8 Å². The highest BCUT2D eigenvalue weighted by Gasteiger charge is 2.43. The van der Waals surface area contributed by atoms with E-state index >= 15 is 0 Å². The van der Waals surface area contributed by atoms with Crippen LogP contribution in [0.4, 0.5) is 4.79 Å². The first-order valence-electron chi connectivity index (χ1n) is 9.75. The van der Waals surface area contributed by atoms with Crippen molar-refractivity contribution in [2.24, 2.45) is 5.92 Å². The smallest absolute Gasteiger partial charge is 0.324 e. The van der Waals surface area contributed by atoms with E-state index in [1.165, 1.54) is 4.90 Å². The molecule has 1 N–H and O–H groups in total. The first-order chi connectivity index (χ1) is 12.8. The number of carbonyl (C=O) groups excluding carboxylic acids is 3. The summed E-state index contributed by atoms with van der Waals surface area (Å²) in [4.78, 5) is 40.4. The molecule has 3 rings (SSSR count). The van der Waals surface area contributed by atoms with Gasteiger partial charge in [0.2, 0.25) is 0 Å². The van der Waals surface area contributed by atoms with Gasteiger partial charge in [-0.2, -0.15) is 0 Å². The maximum absolute atomic E-state index is 12.6. The lowest BCUT2D eigenvalue weighted by atomic mass is 9.88. The molecule has 0 saturated carbocycles. The molecular weight excluding hydrogens is 342 g/mol. The van der Waals surface area contributed by atoms with E-state index in [2.05, 4.69) is 10.2 Å². The summed E-state index contributed by atoms with van der Waals surface area (Å²) >= 11 is 0. The van der Waals surface area contributed by atoms with Crippen molar-refractivity contribution in [1.29, 1.82) is 0 Å². The number of Topliss-reactive ketones (excluding diaryl/α,β-unsaturated/α-hetero) is 1. The van der Waals surface area contributed by atoms with Crippen LogP contribution in [-0.4, -0.2) is 59.2 Å². The minimum absolute atomic E-state index is 0.0932. The molecule has 0 aromatic heterocycles. The molecule has 6 heteroatoms. The number of urea groups is 1. The summed E-state index contributed by atoms with van der Waals surface area (Å²) in [5, 5.41) is 2.71. The van der Waals surface area contributed by atoms with Crippen LogP contribution < -0.4 is 5.32 Å². The van der Waals surface area contributed by atoms with Crippen molar-refractivity contribution in [1.82, 2.24) is 15.1 Å². The third-order valence-corrected chi connectivity index (χ3v) is 5.59. The summed E-state index contributed by atoms with van der Waals surface area (Å²) in [6.45, 7) is 8.51. The summed E-state index contributed by atoms with van der Waals surface area (Å²) in [5.41, 5.74) is 1.17. The second kappa shape index (κ2) is 7.80. The number of ketones is 1. The average molecular weight is 371 g/mol. The lowest BCUT2D eigenvalue weighted by molar-refractivity contribution is -0.130. The Balaban J connectivity index is 1.42. The highest BCUT2D eigenvalue weighted by atomic mass is 16.2. The van der Waals surface area contributed by atoms with E-state index in [9.17, 15) is 14.4 Å². The van der Waals surface area contributed by atoms with Gasteiger partial charge in [-0.05, 0) is 59.7 Å². The Hall–Kier alpha value is -2.21. The number of imide groups is 1. The lowest BCUT2D eigenvalue weighted by Crippen LogP contribution is -2.41. The molecule has 2 aliphatic rings. The van der Waals surface area contributed by atoms with Crippen molar-refractivity contribution < 1.29 is 14.4 Å². The number of nitrogens with one attached hydrogen (secondary N) is 1. The van der Waals surface area contributed by atoms with Crippen molar-refractivity contribution >= 4 is 17.7 Å². The van der Waals surface area contributed by atoms with Gasteiger partial charge in [0.15, 0.2) is 5.78 Å². The number of hydrogen-bond donors (Lipinski definition) is 1. The van der Waals surface area contributed by atoms with E-state index < -0.39 is 5.54 Å². The normalized spacial score (nSPS) is 20.8. The van der Waals surface area contributed by atoms with Gasteiger partial charge in [-0.25, -0.2) is 4.79 Å². The quantitative estimate of drug-likeness (QED) is 0.616. The number of nitrogens with zero attached hydrogens (tertiary/aromatic N) is 2. The standard InChI is InChI=1S/C21H29N3O3/c1-15-5-7-16(8-6-15)18(25)17-9-13-23(14-10-17)11-4-12-24-19(26)21(2,3)22-20(24)27/h5-8,17H,4,9-14H2,1-3H3,(H,22,27). The fourth-order valence-electron chi connectivity index (χ4n) is 3.85. The second-order valence-corrected chi connectivity index (χ2v) is 8.21. The largest absolute Gasteiger partial charge is 0.325 e. The maximum Gasteiger partial charge on any atom is 0.325 e. The number of likely N-dealkylation sites (tertiary alicyclic amines) is 1. The van der Waals surface area contributed by atoms with Gasteiger partial charge in [-0.1, -0.05) is 29.8 Å². The van der Waals surface area contributed by atoms with Crippen LogP contribution in [0.3, 0.4) is 0 Å². The molecule has 0 radical (unpaired) electrons. The van der Waals surface area contributed by atoms with Crippen LogP contribution >= 0.6 is 0 Å². The zero-order valence-corrected chi connectivity index (χ0v) is 16.5. The molecule has 2 heterocycles. The third kappa shape index (κ3) is 4.38. The monoisotopic (exact) mass is 371 g/mol. The fraction of sp³-hybridized carbons (Fsp3) is 0.571. The SMILES string of the molecule is Cc1ccc(C(=O)C2CCN(CCCN3C(=O)NC(C)(C)C3=O)CC2)cc1. The Kier molecular flexibility index (Phi) is 5.65. The Morgan fingerprint density at radius 2 is 1.74 bits per heavy atom. The average Bonchev–Trinajstić information content (AvgIpc) is 2.84. The van der Waals surface area contributed by atoms with Crippen LogP contribution in [0.1, 0.15) is 49.0 Å². The van der Waals surface area contributed by atoms with E-state index in [1.807, 2.05) is 31.2 Å². The van der Waals surface area contributed by atoms with Gasteiger partial charge in [-0.15, -0.1) is 0 Å². The van der Waals surface area contributed by atoms with E-state index in [4.69, 9.17) is 0 Å². The summed E-state index contributed by atoms with van der Waals surface area (Å²) in [5.74, 6) is 0.182. The molecule has 27 heavy (non-hydrogen) atoms. The van der Waals surface area contributed by atoms with Crippen LogP contribution in [0.25, 0.3) is 0 Å². The Labute approximate surface area is 160 Å². The molecule has 2 aliphatic heterocycles. The second-order valence-electron chi connectivity index (χ2n) is 8.21. The zero-order valence-electron chi connectivity index (χ0n) is 16.5. The molecule has 6 nitrogen and oxygen atoms in total. The molecule has 0 aliphatic carbocycles. The first-order valence-corrected chi connectivity index (χ1v) is 9.75. The predicted octanol–water partition coefficient (Wildman–Crippen LogP) is 2.61. The van der Waals surface area contributed by atoms with Gasteiger partial charge in [0.1, 0.15) is 5.54 Å². The molecule has 0 unspecified atom stereocenters. The van der Waals surface area contributed by atoms with Crippen LogP contribution in [-0.2, 0) is 4.79 Å². The fourth-order valence-corrected chi connectivity index (χ4v) is 3.85. The van der Waals surface area contributed by atoms with Gasteiger partial charge in [-0.3, -0.25) is 14.5 Å². The number of benzene rings is 1. The summed E-state index contributed by atoms with van der Waals surface area (Å²) in [7, 11) is 0. The van der Waals surface area contributed by atoms with E-state index in [0.29, 0.717) is 6.54 Å². The van der Waals surface area contributed by atoms with Gasteiger partial charge >= 0.3 is 6.03 Å². The number of aryl methyl sites for hydroxylation is 1. The lowest BCUT2D eigenvalue weighted by Gasteiger charge is -2.31. The molecule has 1 aromatic carbocycles. The highest BCUT2D eigenvalue weighted by Crippen LogP contribution is 2.22. The first kappa shape index (κ1) is 19.5. The highest BCUT2D eigenvalue weighted by molar-refractivity contribution is 6.06. The van der Waals surface area contributed by atoms with Gasteiger partial charge in [0.05, 0.1) is 0 Å². The summed E-state index contributed by atoms with van der Waals surface area (Å²) in [6.07, 6.45) is 2.48. The molecule has 2 fully saturated rings. The molecule has 2 saturated heterocycles. The van der Waals surface area contributed by atoms with Gasteiger partial charge in [0.25, 0.3) is 5.91 Å². The van der Waals surface area contributed by atoms with Crippen LogP contribution in [0.5, 0.6) is 0 Å². The number of hydrogen-bond acceptors (Lipinski definition) is 4. The molecule has 3 amide bonds. The van der Waals surface area contributed by atoms with Crippen molar-refractivity contribution in [3.63, 3.8) is 0 Å². The number of carbonyl (C=O) groups is 3. The summed E-state index contributed by atoms with van der Waals surface area (Å²) < 4.78 is 0. The summed E-state index contributed by atoms with van der Waals surface area (Å²) in [6, 6.07) is 7.51. The minimum atomic E-state index is -0.800. The van der Waals surface area contributed by atoms with Crippen LogP contribution in [0.15, 0.2) is 24.3 Å². The van der Waals surface area contributed by atoms with Crippen molar-refractivity contribution in [3.05, 3.63) is 35.4 Å². The molecule has 146 valence electrons. The van der Waals surface area contributed by atoms with E-state index in [0.717, 1.165) is 50.0 Å². The molecule has 0 atom stereocenters.